The molecule has 1 aromatic carbocycles. The summed E-state index contributed by atoms with van der Waals surface area (Å²) in [7, 11) is 0. The molecule has 108 valence electrons. The Morgan fingerprint density at radius 3 is 2.85 bits per heavy atom. The molecule has 5 nitrogen and oxygen atoms in total. The lowest BCUT2D eigenvalue weighted by Crippen LogP contribution is -2.41. The van der Waals surface area contributed by atoms with Gasteiger partial charge < -0.3 is 15.7 Å². The fraction of sp³-hybridized carbons (Fsp3) is 0.467. The van der Waals surface area contributed by atoms with Gasteiger partial charge in [0.15, 0.2) is 5.78 Å². The number of benzene rings is 1. The molecule has 1 aliphatic carbocycles. The van der Waals surface area contributed by atoms with Crippen LogP contribution in [0.2, 0.25) is 0 Å². The molecular formula is C15H20N2O3. The minimum Gasteiger partial charge on any atom is -0.396 e. The van der Waals surface area contributed by atoms with Crippen molar-refractivity contribution in [3.05, 3.63) is 29.8 Å². The topological polar surface area (TPSA) is 78.4 Å². The van der Waals surface area contributed by atoms with Crippen molar-refractivity contribution in [1.82, 2.24) is 5.32 Å². The fourth-order valence-electron chi connectivity index (χ4n) is 2.60. The van der Waals surface area contributed by atoms with E-state index >= 15 is 0 Å². The molecule has 20 heavy (non-hydrogen) atoms. The van der Waals surface area contributed by atoms with Crippen LogP contribution in [-0.2, 0) is 0 Å². The molecule has 2 rings (SSSR count). The number of anilines is 1. The highest BCUT2D eigenvalue weighted by Crippen LogP contribution is 2.25. The number of ketones is 1. The van der Waals surface area contributed by atoms with E-state index in [2.05, 4.69) is 10.6 Å². The van der Waals surface area contributed by atoms with Crippen molar-refractivity contribution in [3.8, 4) is 0 Å². The third-order valence-electron chi connectivity index (χ3n) is 3.74. The summed E-state index contributed by atoms with van der Waals surface area (Å²) >= 11 is 0. The zero-order valence-electron chi connectivity index (χ0n) is 11.6. The molecule has 2 amide bonds. The second-order valence-electron chi connectivity index (χ2n) is 5.22. The van der Waals surface area contributed by atoms with E-state index in [4.69, 9.17) is 0 Å². The zero-order valence-corrected chi connectivity index (χ0v) is 11.6. The van der Waals surface area contributed by atoms with Gasteiger partial charge in [0, 0.05) is 29.8 Å². The normalized spacial score (nSPS) is 21.5. The number of hydrogen-bond acceptors (Lipinski definition) is 3. The lowest BCUT2D eigenvalue weighted by Gasteiger charge is -2.19. The van der Waals surface area contributed by atoms with Gasteiger partial charge in [-0.25, -0.2) is 4.79 Å². The first kappa shape index (κ1) is 14.5. The van der Waals surface area contributed by atoms with E-state index in [1.54, 1.807) is 24.3 Å². The molecule has 1 aliphatic rings. The monoisotopic (exact) mass is 276 g/mol. The van der Waals surface area contributed by atoms with Gasteiger partial charge in [-0.05, 0) is 31.9 Å². The highest BCUT2D eigenvalue weighted by molar-refractivity contribution is 5.96. The first-order valence-electron chi connectivity index (χ1n) is 6.89. The molecule has 0 saturated heterocycles. The Bertz CT molecular complexity index is 502. The van der Waals surface area contributed by atoms with Gasteiger partial charge in [0.2, 0.25) is 0 Å². The van der Waals surface area contributed by atoms with E-state index in [1.165, 1.54) is 6.92 Å². The molecule has 1 fully saturated rings. The highest BCUT2D eigenvalue weighted by Gasteiger charge is 2.27. The van der Waals surface area contributed by atoms with Crippen LogP contribution in [0.5, 0.6) is 0 Å². The van der Waals surface area contributed by atoms with Crippen LogP contribution in [0, 0.1) is 5.92 Å². The quantitative estimate of drug-likeness (QED) is 0.737. The Kier molecular flexibility index (Phi) is 4.74. The Balaban J connectivity index is 1.94. The lowest BCUT2D eigenvalue weighted by atomic mass is 10.1. The maximum absolute atomic E-state index is 11.9. The van der Waals surface area contributed by atoms with E-state index < -0.39 is 0 Å². The molecule has 5 heteroatoms. The molecule has 0 spiro atoms. The summed E-state index contributed by atoms with van der Waals surface area (Å²) in [6.45, 7) is 1.59. The van der Waals surface area contributed by atoms with Crippen molar-refractivity contribution in [1.29, 1.82) is 0 Å². The van der Waals surface area contributed by atoms with E-state index in [1.807, 2.05) is 0 Å². The van der Waals surface area contributed by atoms with Crippen molar-refractivity contribution in [2.45, 2.75) is 32.2 Å². The van der Waals surface area contributed by atoms with Gasteiger partial charge >= 0.3 is 6.03 Å². The predicted octanol–water partition coefficient (Wildman–Crippen LogP) is 2.17. The first-order chi connectivity index (χ1) is 9.60. The molecule has 0 bridgehead atoms. The number of hydrogen-bond donors (Lipinski definition) is 3. The van der Waals surface area contributed by atoms with E-state index in [0.717, 1.165) is 19.3 Å². The standard InChI is InChI=1S/C15H20N2O3/c1-10(19)11-4-2-6-13(8-11)16-15(20)17-14-7-3-5-12(14)9-18/h2,4,6,8,12,14,18H,3,5,7,9H2,1H3,(H2,16,17,20). The van der Waals surface area contributed by atoms with E-state index in [0.29, 0.717) is 11.3 Å². The molecule has 0 aromatic heterocycles. The maximum atomic E-state index is 11.9. The Morgan fingerprint density at radius 2 is 2.15 bits per heavy atom. The van der Waals surface area contributed by atoms with Crippen LogP contribution in [0.4, 0.5) is 10.5 Å². The van der Waals surface area contributed by atoms with Crippen LogP contribution in [0.1, 0.15) is 36.5 Å². The van der Waals surface area contributed by atoms with E-state index in [-0.39, 0.29) is 30.4 Å². The third-order valence-corrected chi connectivity index (χ3v) is 3.74. The molecule has 1 saturated carbocycles. The summed E-state index contributed by atoms with van der Waals surface area (Å²) in [5.41, 5.74) is 1.16. The second-order valence-corrected chi connectivity index (χ2v) is 5.22. The Hall–Kier alpha value is -1.88. The second kappa shape index (κ2) is 6.52. The summed E-state index contributed by atoms with van der Waals surface area (Å²) in [5, 5.41) is 14.8. The summed E-state index contributed by atoms with van der Waals surface area (Å²) < 4.78 is 0. The average molecular weight is 276 g/mol. The minimum atomic E-state index is -0.295. The highest BCUT2D eigenvalue weighted by atomic mass is 16.3. The van der Waals surface area contributed by atoms with Crippen LogP contribution in [0.3, 0.4) is 0 Å². The zero-order chi connectivity index (χ0) is 14.5. The first-order valence-corrected chi connectivity index (χ1v) is 6.89. The minimum absolute atomic E-state index is 0.0241. The molecule has 0 aliphatic heterocycles. The fourth-order valence-corrected chi connectivity index (χ4v) is 2.60. The number of carbonyl (C=O) groups is 2. The smallest absolute Gasteiger partial charge is 0.319 e. The average Bonchev–Trinajstić information content (AvgIpc) is 2.86. The van der Waals surface area contributed by atoms with Crippen molar-refractivity contribution >= 4 is 17.5 Å². The molecule has 2 unspecified atom stereocenters. The summed E-state index contributed by atoms with van der Waals surface area (Å²) in [6, 6.07) is 6.57. The van der Waals surface area contributed by atoms with Crippen LogP contribution in [0.25, 0.3) is 0 Å². The third kappa shape index (κ3) is 3.57. The Labute approximate surface area is 118 Å². The predicted molar refractivity (Wildman–Crippen MR) is 76.8 cm³/mol. The number of Topliss-reactive ketones (excluding diaryl/α,β-unsaturated/α-hetero) is 1. The van der Waals surface area contributed by atoms with Crippen LogP contribution in [-0.4, -0.2) is 29.6 Å². The van der Waals surface area contributed by atoms with Gasteiger partial charge in [0.25, 0.3) is 0 Å². The number of amides is 2. The molecular weight excluding hydrogens is 256 g/mol. The van der Waals surface area contributed by atoms with Gasteiger partial charge in [0.05, 0.1) is 0 Å². The number of nitrogens with one attached hydrogen (secondary N) is 2. The molecule has 2 atom stereocenters. The van der Waals surface area contributed by atoms with Crippen molar-refractivity contribution in [2.24, 2.45) is 5.92 Å². The molecule has 0 heterocycles. The van der Waals surface area contributed by atoms with Gasteiger partial charge in [-0.3, -0.25) is 4.79 Å². The van der Waals surface area contributed by atoms with Gasteiger partial charge in [-0.2, -0.15) is 0 Å². The number of aliphatic hydroxyl groups excluding tert-OH is 1. The van der Waals surface area contributed by atoms with Crippen LogP contribution >= 0.6 is 0 Å². The number of carbonyl (C=O) groups excluding carboxylic acids is 2. The van der Waals surface area contributed by atoms with Crippen molar-refractivity contribution in [2.75, 3.05) is 11.9 Å². The summed E-state index contributed by atoms with van der Waals surface area (Å²) in [4.78, 5) is 23.2. The number of urea groups is 1. The van der Waals surface area contributed by atoms with Crippen LogP contribution in [0.15, 0.2) is 24.3 Å². The summed E-state index contributed by atoms with van der Waals surface area (Å²) in [6.07, 6.45) is 2.86. The largest absolute Gasteiger partial charge is 0.396 e. The molecule has 3 N–H and O–H groups in total. The number of rotatable bonds is 4. The number of aliphatic hydroxyl groups is 1. The van der Waals surface area contributed by atoms with Crippen molar-refractivity contribution < 1.29 is 14.7 Å². The van der Waals surface area contributed by atoms with E-state index in [9.17, 15) is 14.7 Å². The van der Waals surface area contributed by atoms with Gasteiger partial charge in [0.1, 0.15) is 0 Å². The maximum Gasteiger partial charge on any atom is 0.319 e. The Morgan fingerprint density at radius 1 is 1.35 bits per heavy atom. The molecule has 1 aromatic rings. The SMILES string of the molecule is CC(=O)c1cccc(NC(=O)NC2CCCC2CO)c1. The lowest BCUT2D eigenvalue weighted by molar-refractivity contribution is 0.101. The van der Waals surface area contributed by atoms with Gasteiger partial charge in [-0.15, -0.1) is 0 Å². The van der Waals surface area contributed by atoms with Crippen LogP contribution < -0.4 is 10.6 Å². The summed E-state index contributed by atoms with van der Waals surface area (Å²) in [5.74, 6) is 0.106. The van der Waals surface area contributed by atoms with Gasteiger partial charge in [-0.1, -0.05) is 18.6 Å². The molecule has 0 radical (unpaired) electrons. The van der Waals surface area contributed by atoms with Crippen molar-refractivity contribution in [3.63, 3.8) is 0 Å².